The number of fused-ring (bicyclic) bond motifs is 1. The van der Waals surface area contributed by atoms with Crippen LogP contribution in [0.25, 0.3) is 0 Å². The highest BCUT2D eigenvalue weighted by Crippen LogP contribution is 2.51. The molecule has 0 radical (unpaired) electrons. The quantitative estimate of drug-likeness (QED) is 0.675. The van der Waals surface area contributed by atoms with Crippen molar-refractivity contribution in [1.82, 2.24) is 0 Å². The van der Waals surface area contributed by atoms with Crippen LogP contribution < -0.4 is 10.6 Å². The molecule has 2 amide bonds. The van der Waals surface area contributed by atoms with Crippen molar-refractivity contribution in [3.05, 3.63) is 53.6 Å². The van der Waals surface area contributed by atoms with Gasteiger partial charge in [0.1, 0.15) is 0 Å². The Balaban J connectivity index is 1.76. The van der Waals surface area contributed by atoms with E-state index in [4.69, 9.17) is 0 Å². The van der Waals surface area contributed by atoms with Gasteiger partial charge in [-0.3, -0.25) is 0 Å². The second-order valence-electron chi connectivity index (χ2n) is 8.08. The lowest BCUT2D eigenvalue weighted by Crippen LogP contribution is -2.33. The first-order chi connectivity index (χ1) is 11.6. The third-order valence-corrected chi connectivity index (χ3v) is 5.80. The third-order valence-electron chi connectivity index (χ3n) is 4.53. The summed E-state index contributed by atoms with van der Waals surface area (Å²) >= 11 is 1.92. The third kappa shape index (κ3) is 4.18. The molecule has 0 aromatic heterocycles. The van der Waals surface area contributed by atoms with Crippen LogP contribution >= 0.6 is 11.8 Å². The molecule has 4 heteroatoms. The van der Waals surface area contributed by atoms with E-state index in [1.54, 1.807) is 0 Å². The fraction of sp³-hybridized carbons (Fsp3) is 0.381. The zero-order valence-electron chi connectivity index (χ0n) is 15.6. The van der Waals surface area contributed by atoms with Crippen molar-refractivity contribution in [3.8, 4) is 0 Å². The minimum absolute atomic E-state index is 0.0925. The van der Waals surface area contributed by atoms with Crippen molar-refractivity contribution in [1.29, 1.82) is 0 Å². The van der Waals surface area contributed by atoms with Crippen molar-refractivity contribution in [2.24, 2.45) is 0 Å². The largest absolute Gasteiger partial charge is 0.323 e. The minimum Gasteiger partial charge on any atom is -0.308 e. The van der Waals surface area contributed by atoms with Crippen LogP contribution in [-0.4, -0.2) is 10.8 Å². The van der Waals surface area contributed by atoms with Crippen LogP contribution in [0.2, 0.25) is 0 Å². The van der Waals surface area contributed by atoms with Crippen molar-refractivity contribution in [2.75, 3.05) is 10.6 Å². The van der Waals surface area contributed by atoms with Crippen molar-refractivity contribution < 1.29 is 4.79 Å². The Morgan fingerprint density at radius 1 is 0.960 bits per heavy atom. The Morgan fingerprint density at radius 3 is 2.24 bits per heavy atom. The van der Waals surface area contributed by atoms with Crippen LogP contribution in [0.1, 0.15) is 45.2 Å². The van der Waals surface area contributed by atoms with Gasteiger partial charge in [-0.05, 0) is 54.7 Å². The van der Waals surface area contributed by atoms with Crippen LogP contribution in [0.5, 0.6) is 0 Å². The molecule has 1 aliphatic rings. The first kappa shape index (κ1) is 17.9. The van der Waals surface area contributed by atoms with E-state index < -0.39 is 0 Å². The second kappa shape index (κ2) is 6.41. The maximum atomic E-state index is 12.3. The van der Waals surface area contributed by atoms with Crippen molar-refractivity contribution in [2.45, 2.75) is 56.1 Å². The average molecular weight is 355 g/mol. The number of thioether (sulfide) groups is 1. The number of rotatable bonds is 2. The molecule has 1 aliphatic heterocycles. The van der Waals surface area contributed by atoms with E-state index in [2.05, 4.69) is 50.5 Å². The molecule has 0 saturated heterocycles. The van der Waals surface area contributed by atoms with E-state index in [0.29, 0.717) is 0 Å². The Labute approximate surface area is 154 Å². The SMILES string of the molecule is Cc1ccc(NC(=O)Nc2ccc3c(c2)C(C)(C)CC(C)(C)S3)cc1. The van der Waals surface area contributed by atoms with E-state index in [-0.39, 0.29) is 16.2 Å². The number of carbonyl (C=O) groups excluding carboxylic acids is 1. The Bertz CT molecular complexity index is 794. The van der Waals surface area contributed by atoms with Crippen molar-refractivity contribution >= 4 is 29.2 Å². The number of hydrogen-bond acceptors (Lipinski definition) is 2. The number of hydrogen-bond donors (Lipinski definition) is 2. The Kier molecular flexibility index (Phi) is 4.58. The normalized spacial score (nSPS) is 17.5. The van der Waals surface area contributed by atoms with Gasteiger partial charge in [0.05, 0.1) is 0 Å². The van der Waals surface area contributed by atoms with Gasteiger partial charge >= 0.3 is 6.03 Å². The monoisotopic (exact) mass is 354 g/mol. The number of anilines is 2. The van der Waals surface area contributed by atoms with Gasteiger partial charge in [0.15, 0.2) is 0 Å². The number of benzene rings is 2. The minimum atomic E-state index is -0.217. The van der Waals surface area contributed by atoms with E-state index in [0.717, 1.165) is 17.8 Å². The maximum absolute atomic E-state index is 12.3. The molecule has 25 heavy (non-hydrogen) atoms. The van der Waals surface area contributed by atoms with E-state index in [1.165, 1.54) is 16.0 Å². The molecule has 0 spiro atoms. The summed E-state index contributed by atoms with van der Waals surface area (Å²) in [5, 5.41) is 5.83. The number of urea groups is 1. The van der Waals surface area contributed by atoms with Gasteiger partial charge in [-0.2, -0.15) is 0 Å². The second-order valence-corrected chi connectivity index (χ2v) is 9.83. The number of aryl methyl sites for hydroxylation is 1. The Morgan fingerprint density at radius 2 is 1.56 bits per heavy atom. The van der Waals surface area contributed by atoms with Crippen LogP contribution in [0.3, 0.4) is 0 Å². The summed E-state index contributed by atoms with van der Waals surface area (Å²) in [5.74, 6) is 0. The summed E-state index contributed by atoms with van der Waals surface area (Å²) in [6.07, 6.45) is 1.11. The van der Waals surface area contributed by atoms with E-state index >= 15 is 0 Å². The molecule has 0 bridgehead atoms. The molecule has 0 atom stereocenters. The molecular weight excluding hydrogens is 328 g/mol. The molecule has 1 heterocycles. The van der Waals surface area contributed by atoms with Gasteiger partial charge < -0.3 is 10.6 Å². The van der Waals surface area contributed by atoms with Gasteiger partial charge in [0.2, 0.25) is 0 Å². The molecule has 2 aromatic rings. The van der Waals surface area contributed by atoms with Crippen LogP contribution in [0.15, 0.2) is 47.4 Å². The molecule has 2 aromatic carbocycles. The first-order valence-corrected chi connectivity index (χ1v) is 9.45. The van der Waals surface area contributed by atoms with Gasteiger partial charge in [-0.1, -0.05) is 45.4 Å². The molecule has 132 valence electrons. The zero-order valence-corrected chi connectivity index (χ0v) is 16.4. The standard InChI is InChI=1S/C21H26N2OS/c1-14-6-8-15(9-7-14)22-19(24)23-16-10-11-18-17(12-16)20(2,3)13-21(4,5)25-18/h6-12H,13H2,1-5H3,(H2,22,23,24). The molecule has 3 rings (SSSR count). The number of nitrogens with one attached hydrogen (secondary N) is 2. The summed E-state index contributed by atoms with van der Waals surface area (Å²) in [5.41, 5.74) is 4.19. The van der Waals surface area contributed by atoms with Gasteiger partial charge in [0.25, 0.3) is 0 Å². The molecule has 3 nitrogen and oxygen atoms in total. The lowest BCUT2D eigenvalue weighted by atomic mass is 9.77. The lowest BCUT2D eigenvalue weighted by molar-refractivity contribution is 0.262. The predicted octanol–water partition coefficient (Wildman–Crippen LogP) is 6.19. The average Bonchev–Trinajstić information content (AvgIpc) is 2.48. The van der Waals surface area contributed by atoms with Crippen LogP contribution in [0.4, 0.5) is 16.2 Å². The molecular formula is C21H26N2OS. The smallest absolute Gasteiger partial charge is 0.308 e. The highest BCUT2D eigenvalue weighted by molar-refractivity contribution is 8.00. The molecule has 0 unspecified atom stereocenters. The highest BCUT2D eigenvalue weighted by Gasteiger charge is 2.38. The number of amides is 2. The zero-order chi connectivity index (χ0) is 18.2. The predicted molar refractivity (Wildman–Crippen MR) is 108 cm³/mol. The lowest BCUT2D eigenvalue weighted by Gasteiger charge is -2.41. The van der Waals surface area contributed by atoms with Gasteiger partial charge in [-0.25, -0.2) is 4.79 Å². The molecule has 0 aliphatic carbocycles. The van der Waals surface area contributed by atoms with Gasteiger partial charge in [-0.15, -0.1) is 11.8 Å². The highest BCUT2D eigenvalue weighted by atomic mass is 32.2. The fourth-order valence-corrected chi connectivity index (χ4v) is 5.26. The molecule has 0 fully saturated rings. The van der Waals surface area contributed by atoms with Gasteiger partial charge in [0, 0.05) is 21.0 Å². The first-order valence-electron chi connectivity index (χ1n) is 8.63. The maximum Gasteiger partial charge on any atom is 0.323 e. The number of carbonyl (C=O) groups is 1. The summed E-state index contributed by atoms with van der Waals surface area (Å²) in [4.78, 5) is 13.6. The summed E-state index contributed by atoms with van der Waals surface area (Å²) in [6, 6.07) is 13.8. The van der Waals surface area contributed by atoms with E-state index in [1.807, 2.05) is 49.0 Å². The summed E-state index contributed by atoms with van der Waals surface area (Å²) in [7, 11) is 0. The topological polar surface area (TPSA) is 41.1 Å². The van der Waals surface area contributed by atoms with Crippen LogP contribution in [-0.2, 0) is 5.41 Å². The molecule has 0 saturated carbocycles. The molecule has 2 N–H and O–H groups in total. The van der Waals surface area contributed by atoms with Crippen LogP contribution in [0, 0.1) is 6.92 Å². The van der Waals surface area contributed by atoms with Crippen molar-refractivity contribution in [3.63, 3.8) is 0 Å². The fourth-order valence-electron chi connectivity index (χ4n) is 3.65. The summed E-state index contributed by atoms with van der Waals surface area (Å²) in [6.45, 7) is 11.2. The van der Waals surface area contributed by atoms with E-state index in [9.17, 15) is 4.79 Å². The Hall–Kier alpha value is -1.94. The summed E-state index contributed by atoms with van der Waals surface area (Å²) < 4.78 is 0.230.